The average Bonchev–Trinajstić information content (AvgIpc) is 3.26. The maximum absolute atomic E-state index is 4.93. The van der Waals surface area contributed by atoms with Crippen LogP contribution in [0.15, 0.2) is 59.2 Å². The van der Waals surface area contributed by atoms with Crippen LogP contribution in [0.25, 0.3) is 28.1 Å². The molecule has 0 atom stereocenters. The Labute approximate surface area is 198 Å². The van der Waals surface area contributed by atoms with E-state index in [4.69, 9.17) is 4.98 Å². The molecule has 0 saturated heterocycles. The molecule has 0 spiro atoms. The summed E-state index contributed by atoms with van der Waals surface area (Å²) in [6.45, 7) is 1.89. The van der Waals surface area contributed by atoms with E-state index in [0.29, 0.717) is 6.04 Å². The van der Waals surface area contributed by atoms with Crippen LogP contribution in [-0.4, -0.2) is 26.5 Å². The molecule has 2 heterocycles. The van der Waals surface area contributed by atoms with E-state index in [1.165, 1.54) is 43.4 Å². The first-order valence-corrected chi connectivity index (χ1v) is 11.0. The Kier molecular flexibility index (Phi) is 7.86. The Bertz CT molecular complexity index is 1100. The van der Waals surface area contributed by atoms with Crippen molar-refractivity contribution in [3.63, 3.8) is 0 Å². The zero-order valence-corrected chi connectivity index (χ0v) is 20.0. The number of rotatable bonds is 5. The molecule has 4 aromatic rings. The zero-order valence-electron chi connectivity index (χ0n) is 16.8. The van der Waals surface area contributed by atoms with Crippen LogP contribution in [0.2, 0.25) is 0 Å². The van der Waals surface area contributed by atoms with Gasteiger partial charge in [-0.2, -0.15) is 0 Å². The van der Waals surface area contributed by atoms with Crippen LogP contribution in [0.1, 0.15) is 32.1 Å². The summed E-state index contributed by atoms with van der Waals surface area (Å²) in [6.07, 6.45) is 8.98. The molecule has 7 heteroatoms. The van der Waals surface area contributed by atoms with Crippen molar-refractivity contribution < 1.29 is 0 Å². The molecule has 1 saturated carbocycles. The second-order valence-corrected chi connectivity index (χ2v) is 8.65. The summed E-state index contributed by atoms with van der Waals surface area (Å²) in [6, 6.07) is 17.6. The molecule has 0 aliphatic heterocycles. The van der Waals surface area contributed by atoms with Crippen molar-refractivity contribution in [2.24, 2.45) is 0 Å². The first-order valence-electron chi connectivity index (χ1n) is 10.3. The van der Waals surface area contributed by atoms with E-state index in [1.807, 2.05) is 0 Å². The van der Waals surface area contributed by atoms with Crippen LogP contribution in [0, 0.1) is 0 Å². The van der Waals surface area contributed by atoms with Gasteiger partial charge in [0.1, 0.15) is 0 Å². The van der Waals surface area contributed by atoms with E-state index < -0.39 is 0 Å². The molecular weight excluding hydrogens is 483 g/mol. The molecule has 0 amide bonds. The number of hydrogen-bond donors (Lipinski definition) is 1. The minimum Gasteiger partial charge on any atom is -0.312 e. The van der Waals surface area contributed by atoms with Gasteiger partial charge in [0.15, 0.2) is 0 Å². The van der Waals surface area contributed by atoms with Crippen molar-refractivity contribution >= 4 is 57.6 Å². The fourth-order valence-electron chi connectivity index (χ4n) is 4.41. The molecule has 30 heavy (non-hydrogen) atoms. The van der Waals surface area contributed by atoms with Gasteiger partial charge in [-0.25, -0.2) is 4.98 Å². The van der Waals surface area contributed by atoms with E-state index in [-0.39, 0.29) is 24.8 Å². The van der Waals surface area contributed by atoms with Crippen LogP contribution < -0.4 is 5.32 Å². The number of halogens is 3. The number of imidazole rings is 2. The van der Waals surface area contributed by atoms with E-state index in [9.17, 15) is 0 Å². The zero-order chi connectivity index (χ0) is 18.9. The van der Waals surface area contributed by atoms with Gasteiger partial charge in [-0.15, -0.1) is 24.8 Å². The van der Waals surface area contributed by atoms with Gasteiger partial charge in [0.25, 0.3) is 0 Å². The lowest BCUT2D eigenvalue weighted by molar-refractivity contribution is 0.369. The van der Waals surface area contributed by atoms with Crippen molar-refractivity contribution in [3.05, 3.63) is 59.2 Å². The summed E-state index contributed by atoms with van der Waals surface area (Å²) >= 11 is 3.55. The third-order valence-electron chi connectivity index (χ3n) is 5.87. The fourth-order valence-corrected chi connectivity index (χ4v) is 4.67. The van der Waals surface area contributed by atoms with Crippen LogP contribution in [-0.2, 0) is 6.54 Å². The van der Waals surface area contributed by atoms with Crippen molar-refractivity contribution in [2.45, 2.75) is 44.7 Å². The maximum Gasteiger partial charge on any atom is 0.215 e. The Morgan fingerprint density at radius 1 is 0.967 bits per heavy atom. The molecule has 2 aromatic carbocycles. The molecule has 1 fully saturated rings. The normalized spacial score (nSPS) is 14.6. The van der Waals surface area contributed by atoms with Gasteiger partial charge in [0.2, 0.25) is 5.78 Å². The van der Waals surface area contributed by atoms with Crippen molar-refractivity contribution in [1.82, 2.24) is 19.3 Å². The van der Waals surface area contributed by atoms with Crippen LogP contribution in [0.3, 0.4) is 0 Å². The number of nitrogens with zero attached hydrogens (tertiary/aromatic N) is 3. The topological polar surface area (TPSA) is 34.3 Å². The fraction of sp³-hybridized carbons (Fsp3) is 0.348. The number of hydrogen-bond acceptors (Lipinski definition) is 2. The molecular formula is C23H27BrCl2N4. The summed E-state index contributed by atoms with van der Waals surface area (Å²) in [5.41, 5.74) is 4.64. The number of nitrogens with one attached hydrogen (secondary N) is 1. The molecule has 0 radical (unpaired) electrons. The molecule has 0 unspecified atom stereocenters. The number of benzene rings is 2. The van der Waals surface area contributed by atoms with Crippen molar-refractivity contribution in [2.75, 3.05) is 6.54 Å². The Morgan fingerprint density at radius 2 is 1.70 bits per heavy atom. The number of para-hydroxylation sites is 2. The highest BCUT2D eigenvalue weighted by molar-refractivity contribution is 9.10. The Hall–Kier alpha value is -1.53. The third-order valence-corrected chi connectivity index (χ3v) is 6.40. The van der Waals surface area contributed by atoms with Crippen LogP contribution in [0.4, 0.5) is 0 Å². The maximum atomic E-state index is 4.93. The van der Waals surface area contributed by atoms with Gasteiger partial charge in [-0.05, 0) is 42.7 Å². The third kappa shape index (κ3) is 4.54. The lowest BCUT2D eigenvalue weighted by Gasteiger charge is -2.23. The molecule has 0 bridgehead atoms. The smallest absolute Gasteiger partial charge is 0.215 e. The second kappa shape index (κ2) is 10.2. The van der Waals surface area contributed by atoms with Gasteiger partial charge in [-0.3, -0.25) is 4.40 Å². The molecule has 4 nitrogen and oxygen atoms in total. The predicted molar refractivity (Wildman–Crippen MR) is 133 cm³/mol. The van der Waals surface area contributed by atoms with Gasteiger partial charge < -0.3 is 9.88 Å². The van der Waals surface area contributed by atoms with E-state index in [1.54, 1.807) is 0 Å². The van der Waals surface area contributed by atoms with Gasteiger partial charge >= 0.3 is 0 Å². The SMILES string of the molecule is Brc1ccc(-c2cn3c4ccccc4nc3n2CCNC2CCCCC2)cc1.Cl.Cl. The van der Waals surface area contributed by atoms with Crippen LogP contribution in [0.5, 0.6) is 0 Å². The molecule has 1 N–H and O–H groups in total. The van der Waals surface area contributed by atoms with Crippen molar-refractivity contribution in [3.8, 4) is 11.3 Å². The van der Waals surface area contributed by atoms with Gasteiger partial charge in [0.05, 0.1) is 16.7 Å². The second-order valence-electron chi connectivity index (χ2n) is 7.73. The Morgan fingerprint density at radius 3 is 2.47 bits per heavy atom. The molecule has 1 aliphatic rings. The quantitative estimate of drug-likeness (QED) is 0.334. The highest BCUT2D eigenvalue weighted by atomic mass is 79.9. The van der Waals surface area contributed by atoms with E-state index >= 15 is 0 Å². The van der Waals surface area contributed by atoms with E-state index in [0.717, 1.165) is 34.4 Å². The summed E-state index contributed by atoms with van der Waals surface area (Å²) < 4.78 is 5.69. The van der Waals surface area contributed by atoms with Gasteiger partial charge in [0, 0.05) is 29.8 Å². The molecule has 5 rings (SSSR count). The Balaban J connectivity index is 0.00000128. The molecule has 160 valence electrons. The predicted octanol–water partition coefficient (Wildman–Crippen LogP) is 6.48. The summed E-state index contributed by atoms with van der Waals surface area (Å²) in [7, 11) is 0. The summed E-state index contributed by atoms with van der Waals surface area (Å²) in [5, 5.41) is 3.78. The molecule has 1 aliphatic carbocycles. The average molecular weight is 510 g/mol. The highest BCUT2D eigenvalue weighted by Crippen LogP contribution is 2.27. The number of aromatic nitrogens is 3. The lowest BCUT2D eigenvalue weighted by Crippen LogP contribution is -2.33. The van der Waals surface area contributed by atoms with Crippen molar-refractivity contribution in [1.29, 1.82) is 0 Å². The summed E-state index contributed by atoms with van der Waals surface area (Å²) in [4.78, 5) is 4.93. The minimum absolute atomic E-state index is 0. The minimum atomic E-state index is 0. The first kappa shape index (κ1) is 23.1. The monoisotopic (exact) mass is 508 g/mol. The summed E-state index contributed by atoms with van der Waals surface area (Å²) in [5.74, 6) is 1.02. The first-order chi connectivity index (χ1) is 13.8. The van der Waals surface area contributed by atoms with Crippen LogP contribution >= 0.6 is 40.7 Å². The lowest BCUT2D eigenvalue weighted by atomic mass is 9.95. The largest absolute Gasteiger partial charge is 0.312 e. The standard InChI is InChI=1S/C23H25BrN4.2ClH/c24-18-12-10-17(11-13-18)22-16-28-21-9-5-4-8-20(21)26-23(28)27(22)15-14-25-19-6-2-1-3-7-19;;/h4-5,8-13,16,19,25H,1-3,6-7,14-15H2;2*1H. The highest BCUT2D eigenvalue weighted by Gasteiger charge is 2.17. The number of fused-ring (bicyclic) bond motifs is 3. The molecule has 2 aromatic heterocycles. The van der Waals surface area contributed by atoms with E-state index in [2.05, 4.69) is 84.9 Å². The van der Waals surface area contributed by atoms with Gasteiger partial charge in [-0.1, -0.05) is 59.5 Å².